The number of nitrogens with one attached hydrogen (secondary N) is 1. The zero-order valence-electron chi connectivity index (χ0n) is 12.4. The van der Waals surface area contributed by atoms with Gasteiger partial charge in [0.05, 0.1) is 5.56 Å². The first kappa shape index (κ1) is 18.6. The monoisotopic (exact) mass is 338 g/mol. The molecule has 1 rings (SSSR count). The van der Waals surface area contributed by atoms with Gasteiger partial charge in [-0.2, -0.15) is 13.2 Å². The number of carbonyl (C=O) groups is 1. The molecule has 1 unspecified atom stereocenters. The van der Waals surface area contributed by atoms with Gasteiger partial charge in [0, 0.05) is 17.6 Å². The SMILES string of the molecule is CC(C)(C)OC(=O)NCC(N)c1cc(C(F)(F)F)ccc1Cl. The molecule has 1 amide bonds. The summed E-state index contributed by atoms with van der Waals surface area (Å²) >= 11 is 5.87. The summed E-state index contributed by atoms with van der Waals surface area (Å²) in [4.78, 5) is 11.5. The number of halogens is 4. The third-order valence-corrected chi connectivity index (χ3v) is 2.93. The van der Waals surface area contributed by atoms with Crippen molar-refractivity contribution < 1.29 is 22.7 Å². The third-order valence-electron chi connectivity index (χ3n) is 2.59. The Bertz CT molecular complexity index is 542. The summed E-state index contributed by atoms with van der Waals surface area (Å²) in [5.74, 6) is 0. The maximum absolute atomic E-state index is 12.7. The quantitative estimate of drug-likeness (QED) is 0.879. The molecule has 0 spiro atoms. The summed E-state index contributed by atoms with van der Waals surface area (Å²) in [5, 5.41) is 2.50. The van der Waals surface area contributed by atoms with Gasteiger partial charge >= 0.3 is 12.3 Å². The Labute approximate surface area is 131 Å². The lowest BCUT2D eigenvalue weighted by Gasteiger charge is -2.21. The predicted molar refractivity (Wildman–Crippen MR) is 77.6 cm³/mol. The molecule has 0 aliphatic carbocycles. The van der Waals surface area contributed by atoms with Crippen LogP contribution >= 0.6 is 11.6 Å². The van der Waals surface area contributed by atoms with Crippen LogP contribution in [-0.2, 0) is 10.9 Å². The zero-order valence-corrected chi connectivity index (χ0v) is 13.2. The number of carbonyl (C=O) groups excluding carboxylic acids is 1. The second-order valence-corrected chi connectivity index (χ2v) is 6.13. The van der Waals surface area contributed by atoms with E-state index in [0.717, 1.165) is 18.2 Å². The van der Waals surface area contributed by atoms with E-state index in [4.69, 9.17) is 22.1 Å². The molecule has 1 aromatic carbocycles. The van der Waals surface area contributed by atoms with Gasteiger partial charge in [0.15, 0.2) is 0 Å². The molecule has 0 heterocycles. The van der Waals surface area contributed by atoms with Crippen molar-refractivity contribution in [3.63, 3.8) is 0 Å². The van der Waals surface area contributed by atoms with Crippen LogP contribution in [0.25, 0.3) is 0 Å². The number of hydrogen-bond acceptors (Lipinski definition) is 3. The van der Waals surface area contributed by atoms with E-state index in [0.29, 0.717) is 0 Å². The average Bonchev–Trinajstić information content (AvgIpc) is 2.33. The van der Waals surface area contributed by atoms with Gasteiger partial charge in [0.2, 0.25) is 0 Å². The van der Waals surface area contributed by atoms with Gasteiger partial charge in [-0.3, -0.25) is 0 Å². The van der Waals surface area contributed by atoms with Gasteiger partial charge in [-0.1, -0.05) is 11.6 Å². The van der Waals surface area contributed by atoms with Crippen molar-refractivity contribution in [3.05, 3.63) is 34.3 Å². The first-order valence-electron chi connectivity index (χ1n) is 6.49. The van der Waals surface area contributed by atoms with E-state index in [1.165, 1.54) is 0 Å². The molecule has 22 heavy (non-hydrogen) atoms. The largest absolute Gasteiger partial charge is 0.444 e. The molecule has 0 aromatic heterocycles. The van der Waals surface area contributed by atoms with Crippen molar-refractivity contribution >= 4 is 17.7 Å². The molecule has 3 N–H and O–H groups in total. The summed E-state index contributed by atoms with van der Waals surface area (Å²) in [6.45, 7) is 4.97. The van der Waals surface area contributed by atoms with E-state index >= 15 is 0 Å². The molecule has 0 saturated carbocycles. The van der Waals surface area contributed by atoms with Gasteiger partial charge in [-0.15, -0.1) is 0 Å². The molecule has 0 aliphatic rings. The smallest absolute Gasteiger partial charge is 0.416 e. The number of amides is 1. The Balaban J connectivity index is 2.77. The van der Waals surface area contributed by atoms with Crippen molar-refractivity contribution in [2.75, 3.05) is 6.54 Å². The topological polar surface area (TPSA) is 64.3 Å². The highest BCUT2D eigenvalue weighted by Crippen LogP contribution is 2.33. The predicted octanol–water partition coefficient (Wildman–Crippen LogP) is 3.88. The standard InChI is InChI=1S/C14H18ClF3N2O2/c1-13(2,3)22-12(21)20-7-11(19)9-6-8(14(16,17)18)4-5-10(9)15/h4-6,11H,7,19H2,1-3H3,(H,20,21). The summed E-state index contributed by atoms with van der Waals surface area (Å²) < 4.78 is 43.1. The number of hydrogen-bond donors (Lipinski definition) is 2. The van der Waals surface area contributed by atoms with Gasteiger partial charge < -0.3 is 15.8 Å². The molecule has 124 valence electrons. The van der Waals surface area contributed by atoms with Crippen LogP contribution in [0, 0.1) is 0 Å². The van der Waals surface area contributed by atoms with Crippen molar-refractivity contribution in [2.45, 2.75) is 38.6 Å². The second-order valence-electron chi connectivity index (χ2n) is 5.72. The van der Waals surface area contributed by atoms with Crippen molar-refractivity contribution in [2.24, 2.45) is 5.73 Å². The number of nitrogens with two attached hydrogens (primary N) is 1. The van der Waals surface area contributed by atoms with Crippen LogP contribution in [0.2, 0.25) is 5.02 Å². The van der Waals surface area contributed by atoms with Gasteiger partial charge in [0.1, 0.15) is 5.60 Å². The molecule has 0 radical (unpaired) electrons. The molecular formula is C14H18ClF3N2O2. The number of ether oxygens (including phenoxy) is 1. The Morgan fingerprint density at radius 3 is 2.45 bits per heavy atom. The Hall–Kier alpha value is -1.47. The molecule has 0 fully saturated rings. The fourth-order valence-corrected chi connectivity index (χ4v) is 1.88. The fraction of sp³-hybridized carbons (Fsp3) is 0.500. The normalized spacial score (nSPS) is 13.6. The Kier molecular flexibility index (Phi) is 5.70. The number of alkyl carbamates (subject to hydrolysis) is 1. The van der Waals surface area contributed by atoms with E-state index in [2.05, 4.69) is 5.32 Å². The van der Waals surface area contributed by atoms with Crippen LogP contribution < -0.4 is 11.1 Å². The molecule has 0 saturated heterocycles. The van der Waals surface area contributed by atoms with E-state index in [9.17, 15) is 18.0 Å². The van der Waals surface area contributed by atoms with Crippen LogP contribution in [0.1, 0.15) is 37.9 Å². The van der Waals surface area contributed by atoms with E-state index in [1.807, 2.05) is 0 Å². The van der Waals surface area contributed by atoms with Crippen LogP contribution in [-0.4, -0.2) is 18.2 Å². The molecular weight excluding hydrogens is 321 g/mol. The number of benzene rings is 1. The van der Waals surface area contributed by atoms with Gasteiger partial charge in [-0.25, -0.2) is 4.79 Å². The van der Waals surface area contributed by atoms with E-state index < -0.39 is 29.5 Å². The van der Waals surface area contributed by atoms with Crippen LogP contribution in [0.5, 0.6) is 0 Å². The highest BCUT2D eigenvalue weighted by molar-refractivity contribution is 6.31. The molecule has 8 heteroatoms. The summed E-state index contributed by atoms with van der Waals surface area (Å²) in [5.41, 5.74) is 4.38. The van der Waals surface area contributed by atoms with Crippen LogP contribution in [0.15, 0.2) is 18.2 Å². The molecule has 4 nitrogen and oxygen atoms in total. The summed E-state index contributed by atoms with van der Waals surface area (Å²) in [7, 11) is 0. The number of rotatable bonds is 3. The van der Waals surface area contributed by atoms with Gasteiger partial charge in [-0.05, 0) is 44.5 Å². The number of alkyl halides is 3. The first-order valence-corrected chi connectivity index (χ1v) is 6.87. The van der Waals surface area contributed by atoms with Crippen LogP contribution in [0.3, 0.4) is 0 Å². The summed E-state index contributed by atoms with van der Waals surface area (Å²) in [6.07, 6.45) is -5.19. The lowest BCUT2D eigenvalue weighted by Crippen LogP contribution is -2.36. The van der Waals surface area contributed by atoms with Crippen LogP contribution in [0.4, 0.5) is 18.0 Å². The Morgan fingerprint density at radius 1 is 1.36 bits per heavy atom. The third kappa shape index (κ3) is 5.73. The minimum atomic E-state index is -4.49. The van der Waals surface area contributed by atoms with Crippen molar-refractivity contribution in [1.82, 2.24) is 5.32 Å². The lowest BCUT2D eigenvalue weighted by molar-refractivity contribution is -0.137. The molecule has 1 aromatic rings. The highest BCUT2D eigenvalue weighted by Gasteiger charge is 2.31. The Morgan fingerprint density at radius 2 is 1.95 bits per heavy atom. The van der Waals surface area contributed by atoms with Crippen molar-refractivity contribution in [1.29, 1.82) is 0 Å². The minimum absolute atomic E-state index is 0.101. The maximum atomic E-state index is 12.7. The minimum Gasteiger partial charge on any atom is -0.444 e. The highest BCUT2D eigenvalue weighted by atomic mass is 35.5. The second kappa shape index (κ2) is 6.75. The molecule has 1 atom stereocenters. The first-order chi connectivity index (χ1) is 9.90. The lowest BCUT2D eigenvalue weighted by atomic mass is 10.0. The average molecular weight is 339 g/mol. The zero-order chi connectivity index (χ0) is 17.1. The fourth-order valence-electron chi connectivity index (χ4n) is 1.62. The molecule has 0 aliphatic heterocycles. The van der Waals surface area contributed by atoms with E-state index in [1.54, 1.807) is 20.8 Å². The maximum Gasteiger partial charge on any atom is 0.416 e. The summed E-state index contributed by atoms with van der Waals surface area (Å²) in [6, 6.07) is 2.00. The van der Waals surface area contributed by atoms with Crippen molar-refractivity contribution in [3.8, 4) is 0 Å². The molecule has 0 bridgehead atoms. The van der Waals surface area contributed by atoms with E-state index in [-0.39, 0.29) is 17.1 Å². The van der Waals surface area contributed by atoms with Gasteiger partial charge in [0.25, 0.3) is 0 Å².